The Balaban J connectivity index is 2.52. The Bertz CT molecular complexity index is 210. The molecule has 0 aromatic heterocycles. The second-order valence-corrected chi connectivity index (χ2v) is 5.39. The minimum atomic E-state index is 0.00182. The van der Waals surface area contributed by atoms with E-state index in [0.717, 1.165) is 32.4 Å². The van der Waals surface area contributed by atoms with Crippen molar-refractivity contribution >= 4 is 0 Å². The van der Waals surface area contributed by atoms with Crippen molar-refractivity contribution in [3.05, 3.63) is 0 Å². The van der Waals surface area contributed by atoms with Gasteiger partial charge in [0.15, 0.2) is 0 Å². The van der Waals surface area contributed by atoms with E-state index in [1.54, 1.807) is 0 Å². The fourth-order valence-electron chi connectivity index (χ4n) is 3.05. The third-order valence-electron chi connectivity index (χ3n) is 4.07. The smallest absolute Gasteiger partial charge is 0.0613 e. The van der Waals surface area contributed by atoms with Crippen LogP contribution in [-0.2, 0) is 0 Å². The number of nitrogens with one attached hydrogen (secondary N) is 1. The minimum Gasteiger partial charge on any atom is -0.394 e. The van der Waals surface area contributed by atoms with Crippen LogP contribution in [0, 0.1) is 0 Å². The fraction of sp³-hybridized carbons (Fsp3) is 1.00. The van der Waals surface area contributed by atoms with E-state index in [2.05, 4.69) is 31.0 Å². The molecular weight excluding hydrogens is 212 g/mol. The Morgan fingerprint density at radius 3 is 2.59 bits per heavy atom. The summed E-state index contributed by atoms with van der Waals surface area (Å²) in [5.41, 5.74) is 0.00182. The van der Waals surface area contributed by atoms with Gasteiger partial charge in [0.25, 0.3) is 0 Å². The molecule has 2 N–H and O–H groups in total. The molecule has 0 aromatic carbocycles. The molecule has 1 saturated carbocycles. The number of aliphatic hydroxyl groups excluding tert-OH is 1. The van der Waals surface area contributed by atoms with Crippen LogP contribution in [0.5, 0.6) is 0 Å². The van der Waals surface area contributed by atoms with Crippen molar-refractivity contribution in [2.75, 3.05) is 26.2 Å². The van der Waals surface area contributed by atoms with Crippen molar-refractivity contribution < 1.29 is 5.11 Å². The molecule has 2 unspecified atom stereocenters. The summed E-state index contributed by atoms with van der Waals surface area (Å²) >= 11 is 0. The predicted molar refractivity (Wildman–Crippen MR) is 73.3 cm³/mol. The van der Waals surface area contributed by atoms with Crippen LogP contribution in [0.15, 0.2) is 0 Å². The first kappa shape index (κ1) is 14.9. The zero-order valence-corrected chi connectivity index (χ0v) is 11.8. The van der Waals surface area contributed by atoms with Gasteiger partial charge in [0, 0.05) is 11.6 Å². The molecule has 0 heterocycles. The highest BCUT2D eigenvalue weighted by molar-refractivity contribution is 4.99. The highest BCUT2D eigenvalue weighted by Crippen LogP contribution is 2.32. The van der Waals surface area contributed by atoms with Crippen LogP contribution in [-0.4, -0.2) is 47.8 Å². The van der Waals surface area contributed by atoms with Gasteiger partial charge in [-0.1, -0.05) is 20.8 Å². The van der Waals surface area contributed by atoms with E-state index in [1.165, 1.54) is 19.4 Å². The molecule has 0 saturated heterocycles. The van der Waals surface area contributed by atoms with Gasteiger partial charge < -0.3 is 15.3 Å². The van der Waals surface area contributed by atoms with Crippen LogP contribution in [0.3, 0.4) is 0 Å². The van der Waals surface area contributed by atoms with Gasteiger partial charge in [-0.3, -0.25) is 0 Å². The molecule has 17 heavy (non-hydrogen) atoms. The van der Waals surface area contributed by atoms with E-state index in [9.17, 15) is 5.11 Å². The predicted octanol–water partition coefficient (Wildman–Crippen LogP) is 2.00. The average molecular weight is 242 g/mol. The zero-order valence-electron chi connectivity index (χ0n) is 11.8. The number of hydrogen-bond donors (Lipinski definition) is 2. The largest absolute Gasteiger partial charge is 0.394 e. The Kier molecular flexibility index (Phi) is 6.45. The molecule has 1 aliphatic rings. The summed E-state index contributed by atoms with van der Waals surface area (Å²) in [5, 5.41) is 13.2. The fourth-order valence-corrected chi connectivity index (χ4v) is 3.05. The summed E-state index contributed by atoms with van der Waals surface area (Å²) < 4.78 is 0. The van der Waals surface area contributed by atoms with Crippen LogP contribution < -0.4 is 5.32 Å². The van der Waals surface area contributed by atoms with Crippen molar-refractivity contribution in [3.8, 4) is 0 Å². The van der Waals surface area contributed by atoms with Gasteiger partial charge in [-0.15, -0.1) is 0 Å². The molecule has 1 aliphatic carbocycles. The molecule has 2 atom stereocenters. The highest BCUT2D eigenvalue weighted by atomic mass is 16.3. The van der Waals surface area contributed by atoms with Crippen molar-refractivity contribution in [3.63, 3.8) is 0 Å². The molecule has 1 rings (SSSR count). The lowest BCUT2D eigenvalue weighted by Gasteiger charge is -2.32. The van der Waals surface area contributed by atoms with Crippen LogP contribution >= 0.6 is 0 Å². The summed E-state index contributed by atoms with van der Waals surface area (Å²) in [5.74, 6) is 0. The van der Waals surface area contributed by atoms with Crippen molar-refractivity contribution in [1.29, 1.82) is 0 Å². The lowest BCUT2D eigenvalue weighted by molar-refractivity contribution is 0.144. The lowest BCUT2D eigenvalue weighted by atomic mass is 9.98. The third-order valence-corrected chi connectivity index (χ3v) is 4.07. The molecule has 0 aliphatic heterocycles. The molecule has 102 valence electrons. The Labute approximate surface area is 107 Å². The molecule has 0 radical (unpaired) electrons. The standard InChI is InChI=1S/C14H30N2O/c1-4-9-15-14(12-17)8-7-13(11-14)16(6-3)10-5-2/h13,15,17H,4-12H2,1-3H3. The Morgan fingerprint density at radius 2 is 2.06 bits per heavy atom. The molecule has 3 heteroatoms. The van der Waals surface area contributed by atoms with Gasteiger partial charge in [0.2, 0.25) is 0 Å². The Hall–Kier alpha value is -0.120. The monoisotopic (exact) mass is 242 g/mol. The van der Waals surface area contributed by atoms with Gasteiger partial charge in [-0.2, -0.15) is 0 Å². The SMILES string of the molecule is CCCNC1(CO)CCC(N(CC)CCC)C1. The van der Waals surface area contributed by atoms with Gasteiger partial charge in [-0.05, 0) is 51.7 Å². The summed E-state index contributed by atoms with van der Waals surface area (Å²) in [7, 11) is 0. The highest BCUT2D eigenvalue weighted by Gasteiger charge is 2.39. The first-order chi connectivity index (χ1) is 8.21. The lowest BCUT2D eigenvalue weighted by Crippen LogP contribution is -2.48. The van der Waals surface area contributed by atoms with E-state index < -0.39 is 0 Å². The van der Waals surface area contributed by atoms with Crippen molar-refractivity contribution in [2.45, 2.75) is 64.5 Å². The van der Waals surface area contributed by atoms with E-state index in [0.29, 0.717) is 6.04 Å². The summed E-state index contributed by atoms with van der Waals surface area (Å²) in [4.78, 5) is 2.57. The first-order valence-corrected chi connectivity index (χ1v) is 7.31. The molecule has 0 bridgehead atoms. The molecule has 0 spiro atoms. The maximum absolute atomic E-state index is 9.66. The normalized spacial score (nSPS) is 29.1. The zero-order chi connectivity index (χ0) is 12.7. The summed E-state index contributed by atoms with van der Waals surface area (Å²) in [6.45, 7) is 10.3. The summed E-state index contributed by atoms with van der Waals surface area (Å²) in [6, 6.07) is 0.663. The van der Waals surface area contributed by atoms with Gasteiger partial charge >= 0.3 is 0 Å². The number of nitrogens with zero attached hydrogens (tertiary/aromatic N) is 1. The first-order valence-electron chi connectivity index (χ1n) is 7.31. The molecular formula is C14H30N2O. The molecule has 1 fully saturated rings. The van der Waals surface area contributed by atoms with E-state index in [-0.39, 0.29) is 12.1 Å². The van der Waals surface area contributed by atoms with Crippen LogP contribution in [0.4, 0.5) is 0 Å². The molecule has 0 aromatic rings. The van der Waals surface area contributed by atoms with E-state index in [1.807, 2.05) is 0 Å². The number of hydrogen-bond acceptors (Lipinski definition) is 3. The van der Waals surface area contributed by atoms with Crippen molar-refractivity contribution in [2.24, 2.45) is 0 Å². The third kappa shape index (κ3) is 3.94. The second-order valence-electron chi connectivity index (χ2n) is 5.39. The van der Waals surface area contributed by atoms with Gasteiger partial charge in [0.05, 0.1) is 6.61 Å². The van der Waals surface area contributed by atoms with Crippen LogP contribution in [0.1, 0.15) is 52.9 Å². The quantitative estimate of drug-likeness (QED) is 0.683. The van der Waals surface area contributed by atoms with Gasteiger partial charge in [-0.25, -0.2) is 0 Å². The Morgan fingerprint density at radius 1 is 1.29 bits per heavy atom. The summed E-state index contributed by atoms with van der Waals surface area (Å²) in [6.07, 6.45) is 5.81. The number of aliphatic hydroxyl groups is 1. The second kappa shape index (κ2) is 7.34. The van der Waals surface area contributed by atoms with E-state index in [4.69, 9.17) is 0 Å². The number of rotatable bonds is 8. The minimum absolute atomic E-state index is 0.00182. The topological polar surface area (TPSA) is 35.5 Å². The van der Waals surface area contributed by atoms with Crippen molar-refractivity contribution in [1.82, 2.24) is 10.2 Å². The van der Waals surface area contributed by atoms with Gasteiger partial charge in [0.1, 0.15) is 0 Å². The average Bonchev–Trinajstić information content (AvgIpc) is 2.78. The van der Waals surface area contributed by atoms with E-state index >= 15 is 0 Å². The maximum Gasteiger partial charge on any atom is 0.0613 e. The maximum atomic E-state index is 9.66. The molecule has 3 nitrogen and oxygen atoms in total. The van der Waals surface area contributed by atoms with Crippen LogP contribution in [0.25, 0.3) is 0 Å². The molecule has 0 amide bonds. The van der Waals surface area contributed by atoms with Crippen LogP contribution in [0.2, 0.25) is 0 Å².